The second-order valence-electron chi connectivity index (χ2n) is 8.54. The first kappa shape index (κ1) is 21.2. The van der Waals surface area contributed by atoms with Gasteiger partial charge in [0.25, 0.3) is 5.91 Å². The lowest BCUT2D eigenvalue weighted by atomic mass is 9.86. The third-order valence-corrected chi connectivity index (χ3v) is 5.72. The summed E-state index contributed by atoms with van der Waals surface area (Å²) >= 11 is 6.18. The van der Waals surface area contributed by atoms with Gasteiger partial charge in [-0.25, -0.2) is 0 Å². The lowest BCUT2D eigenvalue weighted by molar-refractivity contribution is 0.1000. The van der Waals surface area contributed by atoms with Gasteiger partial charge in [-0.3, -0.25) is 4.79 Å². The molecular formula is C25H29ClN2O. The maximum Gasteiger partial charge on any atom is 0.251 e. The summed E-state index contributed by atoms with van der Waals surface area (Å²) in [6.45, 7) is 11.3. The monoisotopic (exact) mass is 408 g/mol. The van der Waals surface area contributed by atoms with Crippen LogP contribution in [0, 0.1) is 6.92 Å². The molecule has 2 N–H and O–H groups in total. The molecule has 0 unspecified atom stereocenters. The molecule has 3 nitrogen and oxygen atoms in total. The third-order valence-electron chi connectivity index (χ3n) is 5.48. The molecule has 0 aliphatic carbocycles. The molecule has 1 aromatic heterocycles. The second kappa shape index (κ2) is 8.08. The average molecular weight is 409 g/mol. The van der Waals surface area contributed by atoms with E-state index in [1.54, 1.807) is 0 Å². The first-order chi connectivity index (χ1) is 13.6. The molecule has 1 amide bonds. The number of rotatable bonds is 5. The first-order valence-corrected chi connectivity index (χ1v) is 10.4. The first-order valence-electron chi connectivity index (χ1n) is 10.0. The smallest absolute Gasteiger partial charge is 0.251 e. The van der Waals surface area contributed by atoms with Crippen molar-refractivity contribution in [3.05, 3.63) is 81.6 Å². The molecule has 0 fully saturated rings. The molecule has 0 saturated carbocycles. The largest absolute Gasteiger partial charge is 0.366 e. The predicted octanol–water partition coefficient (Wildman–Crippen LogP) is 6.12. The van der Waals surface area contributed by atoms with Gasteiger partial charge in [0.2, 0.25) is 0 Å². The minimum absolute atomic E-state index is 0.0764. The van der Waals surface area contributed by atoms with E-state index in [1.807, 2.05) is 31.2 Å². The molecule has 0 aliphatic heterocycles. The van der Waals surface area contributed by atoms with Crippen LogP contribution in [0.4, 0.5) is 0 Å². The minimum atomic E-state index is -0.392. The molecule has 3 rings (SSSR count). The van der Waals surface area contributed by atoms with Crippen LogP contribution in [-0.2, 0) is 18.4 Å². The number of amides is 1. The van der Waals surface area contributed by atoms with Crippen LogP contribution in [0.15, 0.2) is 48.5 Å². The van der Waals surface area contributed by atoms with Gasteiger partial charge in [0.1, 0.15) is 0 Å². The van der Waals surface area contributed by atoms with Crippen LogP contribution in [0.5, 0.6) is 0 Å². The van der Waals surface area contributed by atoms with Gasteiger partial charge in [-0.05, 0) is 47.6 Å². The Balaban J connectivity index is 2.17. The van der Waals surface area contributed by atoms with Crippen LogP contribution in [0.1, 0.15) is 60.6 Å². The Hall–Kier alpha value is -2.52. The maximum atomic E-state index is 12.4. The van der Waals surface area contributed by atoms with E-state index < -0.39 is 5.91 Å². The highest BCUT2D eigenvalue weighted by Crippen LogP contribution is 2.35. The Morgan fingerprint density at radius 1 is 1.10 bits per heavy atom. The van der Waals surface area contributed by atoms with Gasteiger partial charge in [0.05, 0.1) is 5.56 Å². The summed E-state index contributed by atoms with van der Waals surface area (Å²) in [5, 5.41) is 0.707. The van der Waals surface area contributed by atoms with Gasteiger partial charge in [-0.1, -0.05) is 75.7 Å². The Kier molecular flexibility index (Phi) is 5.90. The zero-order valence-electron chi connectivity index (χ0n) is 17.8. The lowest BCUT2D eigenvalue weighted by Gasteiger charge is -2.19. The van der Waals surface area contributed by atoms with Gasteiger partial charge in [0.15, 0.2) is 0 Å². The molecule has 0 spiro atoms. The Labute approximate surface area is 178 Å². The number of primary amides is 1. The molecule has 0 radical (unpaired) electrons. The number of nitrogens with zero attached hydrogens (tertiary/aromatic N) is 1. The fraction of sp³-hybridized carbons (Fsp3) is 0.320. The number of hydrogen-bond acceptors (Lipinski definition) is 1. The number of aromatic nitrogens is 1. The molecule has 4 heteroatoms. The molecular weight excluding hydrogens is 380 g/mol. The quantitative estimate of drug-likeness (QED) is 0.542. The van der Waals surface area contributed by atoms with E-state index in [4.69, 9.17) is 17.3 Å². The zero-order valence-corrected chi connectivity index (χ0v) is 18.6. The molecule has 0 bridgehead atoms. The van der Waals surface area contributed by atoms with Crippen LogP contribution in [0.3, 0.4) is 0 Å². The highest BCUT2D eigenvalue weighted by atomic mass is 35.5. The highest BCUT2D eigenvalue weighted by Gasteiger charge is 2.24. The number of benzene rings is 2. The van der Waals surface area contributed by atoms with Crippen molar-refractivity contribution in [2.45, 2.75) is 53.0 Å². The minimum Gasteiger partial charge on any atom is -0.366 e. The highest BCUT2D eigenvalue weighted by molar-refractivity contribution is 6.30. The number of carbonyl (C=O) groups excluding carboxylic acids is 1. The van der Waals surface area contributed by atoms with Crippen LogP contribution in [0.2, 0.25) is 5.02 Å². The van der Waals surface area contributed by atoms with E-state index in [0.717, 1.165) is 34.5 Å². The summed E-state index contributed by atoms with van der Waals surface area (Å²) < 4.78 is 2.19. The third kappa shape index (κ3) is 4.25. The van der Waals surface area contributed by atoms with Crippen molar-refractivity contribution in [1.82, 2.24) is 4.57 Å². The SMILES string of the molecule is CCc1c(-c2ccc(C(C)(C)C)cc2)c(C(N)=O)c(C)n1Cc1cccc(Cl)c1. The summed E-state index contributed by atoms with van der Waals surface area (Å²) in [4.78, 5) is 12.4. The van der Waals surface area contributed by atoms with Crippen molar-refractivity contribution in [3.63, 3.8) is 0 Å². The fourth-order valence-corrected chi connectivity index (χ4v) is 4.16. The summed E-state index contributed by atoms with van der Waals surface area (Å²) in [6, 6.07) is 16.3. The average Bonchev–Trinajstić information content (AvgIpc) is 2.93. The molecule has 2 aromatic carbocycles. The summed E-state index contributed by atoms with van der Waals surface area (Å²) in [5.74, 6) is -0.392. The van der Waals surface area contributed by atoms with Crippen LogP contribution in [-0.4, -0.2) is 10.5 Å². The summed E-state index contributed by atoms with van der Waals surface area (Å²) in [5.41, 5.74) is 12.8. The number of hydrogen-bond donors (Lipinski definition) is 1. The fourth-order valence-electron chi connectivity index (χ4n) is 3.95. The van der Waals surface area contributed by atoms with Gasteiger partial charge in [-0.2, -0.15) is 0 Å². The predicted molar refractivity (Wildman–Crippen MR) is 122 cm³/mol. The molecule has 1 heterocycles. The summed E-state index contributed by atoms with van der Waals surface area (Å²) in [6.07, 6.45) is 0.797. The van der Waals surface area contributed by atoms with Gasteiger partial charge < -0.3 is 10.3 Å². The van der Waals surface area contributed by atoms with Crippen molar-refractivity contribution in [3.8, 4) is 11.1 Å². The van der Waals surface area contributed by atoms with Gasteiger partial charge in [0, 0.05) is 28.5 Å². The van der Waals surface area contributed by atoms with E-state index in [2.05, 4.69) is 56.5 Å². The van der Waals surface area contributed by atoms with Gasteiger partial charge in [-0.15, -0.1) is 0 Å². The normalized spacial score (nSPS) is 11.7. The molecule has 3 aromatic rings. The van der Waals surface area contributed by atoms with Crippen molar-refractivity contribution < 1.29 is 4.79 Å². The van der Waals surface area contributed by atoms with Crippen LogP contribution in [0.25, 0.3) is 11.1 Å². The van der Waals surface area contributed by atoms with E-state index in [9.17, 15) is 4.79 Å². The van der Waals surface area contributed by atoms with E-state index in [-0.39, 0.29) is 5.41 Å². The second-order valence-corrected chi connectivity index (χ2v) is 8.98. The Morgan fingerprint density at radius 2 is 1.76 bits per heavy atom. The van der Waals surface area contributed by atoms with E-state index in [1.165, 1.54) is 5.56 Å². The standard InChI is InChI=1S/C25H29ClN2O/c1-6-21-23(18-10-12-19(13-11-18)25(3,4)5)22(24(27)29)16(2)28(21)15-17-8-7-9-20(26)14-17/h7-14H,6,15H2,1-5H3,(H2,27,29). The zero-order chi connectivity index (χ0) is 21.3. The lowest BCUT2D eigenvalue weighted by Crippen LogP contribution is -2.14. The molecule has 29 heavy (non-hydrogen) atoms. The number of nitrogens with two attached hydrogens (primary N) is 1. The molecule has 0 atom stereocenters. The van der Waals surface area contributed by atoms with Crippen molar-refractivity contribution in [2.75, 3.05) is 0 Å². The summed E-state index contributed by atoms with van der Waals surface area (Å²) in [7, 11) is 0. The number of carbonyl (C=O) groups is 1. The van der Waals surface area contributed by atoms with Crippen molar-refractivity contribution >= 4 is 17.5 Å². The van der Waals surface area contributed by atoms with Crippen molar-refractivity contribution in [1.29, 1.82) is 0 Å². The molecule has 0 saturated heterocycles. The van der Waals surface area contributed by atoms with E-state index in [0.29, 0.717) is 17.1 Å². The van der Waals surface area contributed by atoms with Crippen molar-refractivity contribution in [2.24, 2.45) is 5.73 Å². The van der Waals surface area contributed by atoms with E-state index >= 15 is 0 Å². The number of halogens is 1. The Bertz CT molecular complexity index is 1040. The maximum absolute atomic E-state index is 12.4. The Morgan fingerprint density at radius 3 is 2.28 bits per heavy atom. The van der Waals surface area contributed by atoms with Crippen LogP contribution < -0.4 is 5.73 Å². The van der Waals surface area contributed by atoms with Crippen LogP contribution >= 0.6 is 11.6 Å². The topological polar surface area (TPSA) is 48.0 Å². The van der Waals surface area contributed by atoms with Gasteiger partial charge >= 0.3 is 0 Å². The molecule has 0 aliphatic rings. The molecule has 152 valence electrons.